The third kappa shape index (κ3) is 5.46. The van der Waals surface area contributed by atoms with Crippen LogP contribution < -0.4 is 9.46 Å². The summed E-state index contributed by atoms with van der Waals surface area (Å²) >= 11 is 0. The number of nitrogens with one attached hydrogen (secondary N) is 1. The SMILES string of the molecule is COc1ccc(/C=C/C(C)c2ccc(C)cc2C(=O)NS(C)(=O)=O)cc1. The van der Waals surface area contributed by atoms with Gasteiger partial charge in [0.1, 0.15) is 5.75 Å². The lowest BCUT2D eigenvalue weighted by Gasteiger charge is -2.14. The minimum atomic E-state index is -3.62. The lowest BCUT2D eigenvalue weighted by Crippen LogP contribution is -2.30. The van der Waals surface area contributed by atoms with Crippen molar-refractivity contribution in [3.8, 4) is 5.75 Å². The number of carbonyl (C=O) groups is 1. The molecule has 0 radical (unpaired) electrons. The van der Waals surface area contributed by atoms with Crippen LogP contribution in [0.25, 0.3) is 6.08 Å². The fourth-order valence-electron chi connectivity index (χ4n) is 2.56. The maximum Gasteiger partial charge on any atom is 0.265 e. The Morgan fingerprint density at radius 3 is 2.38 bits per heavy atom. The third-order valence-corrected chi connectivity index (χ3v) is 4.47. The van der Waals surface area contributed by atoms with Crippen LogP contribution in [-0.4, -0.2) is 27.7 Å². The van der Waals surface area contributed by atoms with E-state index in [2.05, 4.69) is 0 Å². The summed E-state index contributed by atoms with van der Waals surface area (Å²) in [5.74, 6) is 0.0994. The zero-order chi connectivity index (χ0) is 19.3. The molecule has 0 aliphatic heterocycles. The fourth-order valence-corrected chi connectivity index (χ4v) is 3.01. The third-order valence-electron chi connectivity index (χ3n) is 3.92. The summed E-state index contributed by atoms with van der Waals surface area (Å²) in [5.41, 5.74) is 3.02. The van der Waals surface area contributed by atoms with E-state index in [-0.39, 0.29) is 5.92 Å². The van der Waals surface area contributed by atoms with Crippen molar-refractivity contribution in [2.75, 3.05) is 13.4 Å². The van der Waals surface area contributed by atoms with Gasteiger partial charge >= 0.3 is 0 Å². The number of aryl methyl sites for hydroxylation is 1. The highest BCUT2D eigenvalue weighted by Crippen LogP contribution is 2.24. The number of carbonyl (C=O) groups excluding carboxylic acids is 1. The first kappa shape index (κ1) is 19.7. The van der Waals surface area contributed by atoms with Crippen molar-refractivity contribution in [2.45, 2.75) is 19.8 Å². The maximum atomic E-state index is 12.4. The van der Waals surface area contributed by atoms with Crippen molar-refractivity contribution >= 4 is 22.0 Å². The van der Waals surface area contributed by atoms with Gasteiger partial charge in [-0.15, -0.1) is 0 Å². The average Bonchev–Trinajstić information content (AvgIpc) is 2.58. The second-order valence-electron chi connectivity index (χ2n) is 6.22. The molecule has 0 saturated carbocycles. The largest absolute Gasteiger partial charge is 0.497 e. The Balaban J connectivity index is 2.28. The summed E-state index contributed by atoms with van der Waals surface area (Å²) in [4.78, 5) is 12.4. The molecule has 138 valence electrons. The Morgan fingerprint density at radius 1 is 1.15 bits per heavy atom. The lowest BCUT2D eigenvalue weighted by molar-refractivity contribution is 0.0980. The number of allylic oxidation sites excluding steroid dienone is 1. The number of rotatable bonds is 6. The van der Waals surface area contributed by atoms with Gasteiger partial charge in [-0.05, 0) is 36.2 Å². The van der Waals surface area contributed by atoms with E-state index in [1.807, 2.05) is 67.1 Å². The lowest BCUT2D eigenvalue weighted by atomic mass is 9.93. The zero-order valence-electron chi connectivity index (χ0n) is 15.3. The first-order valence-electron chi connectivity index (χ1n) is 8.14. The van der Waals surface area contributed by atoms with Crippen molar-refractivity contribution in [1.29, 1.82) is 0 Å². The van der Waals surface area contributed by atoms with Gasteiger partial charge in [-0.2, -0.15) is 0 Å². The molecular formula is C20H23NO4S. The van der Waals surface area contributed by atoms with E-state index in [4.69, 9.17) is 4.74 Å². The minimum Gasteiger partial charge on any atom is -0.497 e. The summed E-state index contributed by atoms with van der Waals surface area (Å²) in [6.45, 7) is 3.82. The molecule has 0 spiro atoms. The average molecular weight is 373 g/mol. The van der Waals surface area contributed by atoms with E-state index in [0.717, 1.165) is 28.7 Å². The van der Waals surface area contributed by atoms with Gasteiger partial charge in [0.25, 0.3) is 5.91 Å². The maximum absolute atomic E-state index is 12.4. The van der Waals surface area contributed by atoms with Crippen LogP contribution in [0.3, 0.4) is 0 Å². The van der Waals surface area contributed by atoms with Gasteiger partial charge in [-0.1, -0.05) is 48.9 Å². The zero-order valence-corrected chi connectivity index (χ0v) is 16.1. The Morgan fingerprint density at radius 2 is 1.81 bits per heavy atom. The van der Waals surface area contributed by atoms with E-state index in [1.165, 1.54) is 0 Å². The van der Waals surface area contributed by atoms with E-state index >= 15 is 0 Å². The van der Waals surface area contributed by atoms with Gasteiger partial charge in [0.15, 0.2) is 0 Å². The van der Waals surface area contributed by atoms with Crippen LogP contribution in [0.2, 0.25) is 0 Å². The van der Waals surface area contributed by atoms with E-state index < -0.39 is 15.9 Å². The molecule has 0 aliphatic rings. The molecule has 2 rings (SSSR count). The molecule has 0 aromatic heterocycles. The number of benzene rings is 2. The standard InChI is InChI=1S/C20H23NO4S/c1-14-5-12-18(19(13-14)20(22)21-26(4,23)24)15(2)6-7-16-8-10-17(25-3)11-9-16/h5-13,15H,1-4H3,(H,21,22)/b7-6+. The summed E-state index contributed by atoms with van der Waals surface area (Å²) < 4.78 is 30.0. The number of sulfonamides is 1. The van der Waals surface area contributed by atoms with Crippen molar-refractivity contribution in [1.82, 2.24) is 4.72 Å². The van der Waals surface area contributed by atoms with E-state index in [9.17, 15) is 13.2 Å². The van der Waals surface area contributed by atoms with Crippen LogP contribution in [0.15, 0.2) is 48.5 Å². The monoisotopic (exact) mass is 373 g/mol. The highest BCUT2D eigenvalue weighted by atomic mass is 32.2. The molecule has 0 bridgehead atoms. The summed E-state index contributed by atoms with van der Waals surface area (Å²) in [6.07, 6.45) is 4.90. The molecule has 1 N–H and O–H groups in total. The van der Waals surface area contributed by atoms with Gasteiger partial charge in [0.05, 0.1) is 13.4 Å². The van der Waals surface area contributed by atoms with E-state index in [0.29, 0.717) is 5.56 Å². The van der Waals surface area contributed by atoms with Gasteiger partial charge in [0.2, 0.25) is 10.0 Å². The van der Waals surface area contributed by atoms with Crippen LogP contribution >= 0.6 is 0 Å². The summed E-state index contributed by atoms with van der Waals surface area (Å²) in [7, 11) is -2.00. The Hall–Kier alpha value is -2.60. The number of methoxy groups -OCH3 is 1. The molecule has 2 aromatic rings. The molecule has 1 atom stereocenters. The first-order valence-corrected chi connectivity index (χ1v) is 10.0. The Bertz CT molecular complexity index is 915. The topological polar surface area (TPSA) is 72.5 Å². The normalized spacial score (nSPS) is 12.8. The second-order valence-corrected chi connectivity index (χ2v) is 7.96. The quantitative estimate of drug-likeness (QED) is 0.841. The molecule has 0 aliphatic carbocycles. The van der Waals surface area contributed by atoms with Crippen LogP contribution in [0.1, 0.15) is 39.9 Å². The molecule has 1 unspecified atom stereocenters. The van der Waals surface area contributed by atoms with Crippen molar-refractivity contribution in [3.05, 3.63) is 70.8 Å². The molecular weight excluding hydrogens is 350 g/mol. The second kappa shape index (κ2) is 8.19. The molecule has 6 heteroatoms. The predicted molar refractivity (Wildman–Crippen MR) is 104 cm³/mol. The molecule has 5 nitrogen and oxygen atoms in total. The predicted octanol–water partition coefficient (Wildman–Crippen LogP) is 3.51. The van der Waals surface area contributed by atoms with Gasteiger partial charge in [0, 0.05) is 11.5 Å². The number of ether oxygens (including phenoxy) is 1. The Kier molecular flexibility index (Phi) is 6.21. The van der Waals surface area contributed by atoms with Crippen molar-refractivity contribution in [3.63, 3.8) is 0 Å². The number of amides is 1. The molecule has 0 heterocycles. The number of hydrogen-bond donors (Lipinski definition) is 1. The number of hydrogen-bond acceptors (Lipinski definition) is 4. The van der Waals surface area contributed by atoms with Crippen LogP contribution in [0, 0.1) is 6.92 Å². The van der Waals surface area contributed by atoms with Gasteiger partial charge in [-0.3, -0.25) is 4.79 Å². The van der Waals surface area contributed by atoms with E-state index in [1.54, 1.807) is 13.2 Å². The van der Waals surface area contributed by atoms with Crippen molar-refractivity contribution in [2.24, 2.45) is 0 Å². The molecule has 1 amide bonds. The van der Waals surface area contributed by atoms with Crippen molar-refractivity contribution < 1.29 is 17.9 Å². The van der Waals surface area contributed by atoms with Crippen LogP contribution in [0.4, 0.5) is 0 Å². The highest BCUT2D eigenvalue weighted by molar-refractivity contribution is 7.89. The smallest absolute Gasteiger partial charge is 0.265 e. The molecule has 2 aromatic carbocycles. The summed E-state index contributed by atoms with van der Waals surface area (Å²) in [5, 5.41) is 0. The van der Waals surface area contributed by atoms with Gasteiger partial charge in [-0.25, -0.2) is 13.1 Å². The Labute approximate surface area is 154 Å². The molecule has 26 heavy (non-hydrogen) atoms. The van der Waals surface area contributed by atoms with Crippen LogP contribution in [0.5, 0.6) is 5.75 Å². The summed E-state index contributed by atoms with van der Waals surface area (Å²) in [6, 6.07) is 13.1. The highest BCUT2D eigenvalue weighted by Gasteiger charge is 2.17. The molecule has 0 saturated heterocycles. The molecule has 0 fully saturated rings. The fraction of sp³-hybridized carbons (Fsp3) is 0.250. The minimum absolute atomic E-state index is 0.0713. The first-order chi connectivity index (χ1) is 12.2. The van der Waals surface area contributed by atoms with Crippen LogP contribution in [-0.2, 0) is 10.0 Å². The van der Waals surface area contributed by atoms with Gasteiger partial charge < -0.3 is 4.74 Å².